The van der Waals surface area contributed by atoms with Crippen LogP contribution in [0.25, 0.3) is 11.0 Å². The van der Waals surface area contributed by atoms with Gasteiger partial charge < -0.3 is 10.6 Å². The number of aryl methyl sites for hydroxylation is 2. The third-order valence-electron chi connectivity index (χ3n) is 6.84. The van der Waals surface area contributed by atoms with Crippen molar-refractivity contribution in [3.63, 3.8) is 0 Å². The molecule has 0 aliphatic heterocycles. The molecule has 2 aromatic heterocycles. The zero-order chi connectivity index (χ0) is 21.2. The van der Waals surface area contributed by atoms with Gasteiger partial charge in [0.2, 0.25) is 0 Å². The molecule has 0 spiro atoms. The lowest BCUT2D eigenvalue weighted by Crippen LogP contribution is -2.32. The van der Waals surface area contributed by atoms with Crippen molar-refractivity contribution < 1.29 is 4.79 Å². The molecule has 0 radical (unpaired) electrons. The molecule has 1 unspecified atom stereocenters. The van der Waals surface area contributed by atoms with Crippen molar-refractivity contribution in [2.24, 2.45) is 0 Å². The summed E-state index contributed by atoms with van der Waals surface area (Å²) in [5.41, 5.74) is 4.93. The van der Waals surface area contributed by atoms with E-state index in [1.807, 2.05) is 10.9 Å². The van der Waals surface area contributed by atoms with Crippen molar-refractivity contribution >= 4 is 22.6 Å². The smallest absolute Gasteiger partial charge is 0.255 e. The first-order chi connectivity index (χ1) is 15.2. The molecule has 3 aromatic rings. The average Bonchev–Trinajstić information content (AvgIpc) is 3.24. The number of hydrogen-bond donors (Lipinski definition) is 2. The lowest BCUT2D eigenvalue weighted by Gasteiger charge is -2.28. The summed E-state index contributed by atoms with van der Waals surface area (Å²) in [6.07, 6.45) is 12.8. The van der Waals surface area contributed by atoms with E-state index in [0.717, 1.165) is 55.4 Å². The SMILES string of the molecule is CCn1ncc2c(NC3CCCCC3)c(C(=O)NC3CCCc4ccccc43)cnc21. The highest BCUT2D eigenvalue weighted by Crippen LogP contribution is 2.32. The van der Waals surface area contributed by atoms with E-state index in [9.17, 15) is 4.79 Å². The van der Waals surface area contributed by atoms with E-state index in [0.29, 0.717) is 11.6 Å². The minimum absolute atomic E-state index is 0.0500. The van der Waals surface area contributed by atoms with Gasteiger partial charge in [0.15, 0.2) is 5.65 Å². The van der Waals surface area contributed by atoms with Gasteiger partial charge in [0.05, 0.1) is 28.9 Å². The Bertz CT molecular complexity index is 1080. The molecular formula is C25H31N5O. The molecule has 2 N–H and O–H groups in total. The van der Waals surface area contributed by atoms with Crippen LogP contribution in [0.3, 0.4) is 0 Å². The van der Waals surface area contributed by atoms with Crippen LogP contribution in [0, 0.1) is 0 Å². The van der Waals surface area contributed by atoms with Crippen LogP contribution in [0.2, 0.25) is 0 Å². The molecule has 6 heteroatoms. The number of amides is 1. The fourth-order valence-corrected chi connectivity index (χ4v) is 5.18. The summed E-state index contributed by atoms with van der Waals surface area (Å²) in [5, 5.41) is 12.5. The number of nitrogens with one attached hydrogen (secondary N) is 2. The average molecular weight is 418 g/mol. The van der Waals surface area contributed by atoms with E-state index in [1.54, 1.807) is 6.20 Å². The second kappa shape index (κ2) is 8.69. The van der Waals surface area contributed by atoms with Gasteiger partial charge >= 0.3 is 0 Å². The van der Waals surface area contributed by atoms with Crippen LogP contribution in [-0.4, -0.2) is 26.7 Å². The fourth-order valence-electron chi connectivity index (χ4n) is 5.18. The van der Waals surface area contributed by atoms with Gasteiger partial charge in [-0.1, -0.05) is 43.5 Å². The molecule has 0 saturated heterocycles. The maximum Gasteiger partial charge on any atom is 0.255 e. The van der Waals surface area contributed by atoms with E-state index in [4.69, 9.17) is 0 Å². The van der Waals surface area contributed by atoms with Gasteiger partial charge in [-0.2, -0.15) is 5.10 Å². The van der Waals surface area contributed by atoms with Gasteiger partial charge in [-0.05, 0) is 50.2 Å². The Kier molecular flexibility index (Phi) is 5.62. The summed E-state index contributed by atoms with van der Waals surface area (Å²) in [5.74, 6) is -0.0568. The number of fused-ring (bicyclic) bond motifs is 2. The molecule has 2 heterocycles. The third-order valence-corrected chi connectivity index (χ3v) is 6.84. The molecular weight excluding hydrogens is 386 g/mol. The number of rotatable bonds is 5. The molecule has 1 amide bonds. The maximum absolute atomic E-state index is 13.5. The number of anilines is 1. The number of nitrogens with zero attached hydrogens (tertiary/aromatic N) is 3. The van der Waals surface area contributed by atoms with Gasteiger partial charge in [0, 0.05) is 18.8 Å². The molecule has 5 rings (SSSR count). The first-order valence-electron chi connectivity index (χ1n) is 11.7. The zero-order valence-corrected chi connectivity index (χ0v) is 18.2. The number of carbonyl (C=O) groups is 1. The second-order valence-corrected chi connectivity index (χ2v) is 8.84. The molecule has 1 aromatic carbocycles. The van der Waals surface area contributed by atoms with Crippen LogP contribution in [0.1, 0.15) is 79.4 Å². The Balaban J connectivity index is 1.48. The van der Waals surface area contributed by atoms with E-state index < -0.39 is 0 Å². The van der Waals surface area contributed by atoms with Crippen LogP contribution in [0.5, 0.6) is 0 Å². The van der Waals surface area contributed by atoms with Crippen LogP contribution in [0.15, 0.2) is 36.7 Å². The minimum Gasteiger partial charge on any atom is -0.381 e. The maximum atomic E-state index is 13.5. The zero-order valence-electron chi connectivity index (χ0n) is 18.2. The van der Waals surface area contributed by atoms with Crippen LogP contribution >= 0.6 is 0 Å². The Morgan fingerprint density at radius 3 is 2.77 bits per heavy atom. The highest BCUT2D eigenvalue weighted by molar-refractivity contribution is 6.06. The Morgan fingerprint density at radius 1 is 1.10 bits per heavy atom. The third kappa shape index (κ3) is 3.91. The molecule has 31 heavy (non-hydrogen) atoms. The van der Waals surface area contributed by atoms with Crippen molar-refractivity contribution in [3.8, 4) is 0 Å². The lowest BCUT2D eigenvalue weighted by molar-refractivity contribution is 0.0933. The van der Waals surface area contributed by atoms with Crippen LogP contribution in [0.4, 0.5) is 5.69 Å². The summed E-state index contributed by atoms with van der Waals surface area (Å²) in [6, 6.07) is 8.91. The monoisotopic (exact) mass is 417 g/mol. The van der Waals surface area contributed by atoms with Gasteiger partial charge in [0.1, 0.15) is 0 Å². The van der Waals surface area contributed by atoms with Crippen molar-refractivity contribution in [1.29, 1.82) is 0 Å². The van der Waals surface area contributed by atoms with Crippen molar-refractivity contribution in [2.45, 2.75) is 76.9 Å². The minimum atomic E-state index is -0.0568. The summed E-state index contributed by atoms with van der Waals surface area (Å²) in [4.78, 5) is 18.1. The highest BCUT2D eigenvalue weighted by Gasteiger charge is 2.26. The van der Waals surface area contributed by atoms with Crippen LogP contribution in [-0.2, 0) is 13.0 Å². The molecule has 1 saturated carbocycles. The topological polar surface area (TPSA) is 71.8 Å². The van der Waals surface area contributed by atoms with Crippen molar-refractivity contribution in [3.05, 3.63) is 53.3 Å². The molecule has 1 atom stereocenters. The molecule has 0 bridgehead atoms. The summed E-state index contributed by atoms with van der Waals surface area (Å²) >= 11 is 0. The predicted octanol–water partition coefficient (Wildman–Crippen LogP) is 5.00. The van der Waals surface area contributed by atoms with Gasteiger partial charge in [-0.3, -0.25) is 4.79 Å². The normalized spacial score (nSPS) is 19.2. The van der Waals surface area contributed by atoms with Gasteiger partial charge in [-0.15, -0.1) is 0 Å². The first-order valence-corrected chi connectivity index (χ1v) is 11.7. The standard InChI is InChI=1S/C25H31N5O/c1-2-30-24-20(16-27-30)23(28-18-11-4-3-5-12-18)21(15-26-24)25(31)29-22-14-8-10-17-9-6-7-13-19(17)22/h6-7,9,13,15-16,18,22H,2-5,8,10-12,14H2,1H3,(H,26,28)(H,29,31). The van der Waals surface area contributed by atoms with Crippen molar-refractivity contribution in [2.75, 3.05) is 5.32 Å². The van der Waals surface area contributed by atoms with E-state index >= 15 is 0 Å². The molecule has 2 aliphatic rings. The number of benzene rings is 1. The van der Waals surface area contributed by atoms with Crippen LogP contribution < -0.4 is 10.6 Å². The Hall–Kier alpha value is -2.89. The summed E-state index contributed by atoms with van der Waals surface area (Å²) in [6.45, 7) is 2.81. The Labute approximate surface area is 183 Å². The highest BCUT2D eigenvalue weighted by atomic mass is 16.1. The summed E-state index contributed by atoms with van der Waals surface area (Å²) in [7, 11) is 0. The second-order valence-electron chi connectivity index (χ2n) is 8.84. The molecule has 1 fully saturated rings. The quantitative estimate of drug-likeness (QED) is 0.613. The molecule has 6 nitrogen and oxygen atoms in total. The molecule has 2 aliphatic carbocycles. The van der Waals surface area contributed by atoms with Crippen molar-refractivity contribution in [1.82, 2.24) is 20.1 Å². The van der Waals surface area contributed by atoms with E-state index in [-0.39, 0.29) is 11.9 Å². The lowest BCUT2D eigenvalue weighted by atomic mass is 9.87. The van der Waals surface area contributed by atoms with E-state index in [2.05, 4.69) is 51.9 Å². The predicted molar refractivity (Wildman–Crippen MR) is 123 cm³/mol. The van der Waals surface area contributed by atoms with E-state index in [1.165, 1.54) is 30.4 Å². The fraction of sp³-hybridized carbons (Fsp3) is 0.480. The number of hydrogen-bond acceptors (Lipinski definition) is 4. The first kappa shape index (κ1) is 20.0. The Morgan fingerprint density at radius 2 is 1.94 bits per heavy atom. The molecule has 162 valence electrons. The number of pyridine rings is 1. The van der Waals surface area contributed by atoms with Gasteiger partial charge in [-0.25, -0.2) is 9.67 Å². The van der Waals surface area contributed by atoms with Gasteiger partial charge in [0.25, 0.3) is 5.91 Å². The number of aromatic nitrogens is 3. The number of carbonyl (C=O) groups excluding carboxylic acids is 1. The largest absolute Gasteiger partial charge is 0.381 e. The summed E-state index contributed by atoms with van der Waals surface area (Å²) < 4.78 is 1.89.